The van der Waals surface area contributed by atoms with Crippen LogP contribution in [0.3, 0.4) is 0 Å². The van der Waals surface area contributed by atoms with Crippen LogP contribution in [0.25, 0.3) is 10.4 Å². The molecule has 0 aliphatic carbocycles. The van der Waals surface area contributed by atoms with E-state index < -0.39 is 11.9 Å². The number of rotatable bonds is 8. The lowest BCUT2D eigenvalue weighted by Crippen LogP contribution is -2.15. The number of carbonyl (C=O) groups excluding carboxylic acids is 3. The number of thiophene rings is 1. The molecule has 144 valence electrons. The second-order valence-corrected chi connectivity index (χ2v) is 6.48. The van der Waals surface area contributed by atoms with Gasteiger partial charge in [0.2, 0.25) is 5.91 Å². The molecular weight excluding hydrogens is 370 g/mol. The van der Waals surface area contributed by atoms with Crippen LogP contribution in [0.1, 0.15) is 29.4 Å². The number of amides is 1. The summed E-state index contributed by atoms with van der Waals surface area (Å²) in [6.45, 7) is 1.94. The van der Waals surface area contributed by atoms with Gasteiger partial charge in [-0.15, -0.1) is 11.3 Å². The number of hydrogen-bond acceptors (Lipinski definition) is 7. The number of esters is 2. The van der Waals surface area contributed by atoms with Crippen molar-refractivity contribution in [3.05, 3.63) is 35.2 Å². The third-order valence-corrected chi connectivity index (χ3v) is 4.79. The minimum absolute atomic E-state index is 0.0352. The topological polar surface area (TPSA) is 90.9 Å². The molecule has 2 aromatic rings. The Morgan fingerprint density at radius 2 is 1.78 bits per heavy atom. The maximum Gasteiger partial charge on any atom is 0.350 e. The molecule has 0 spiro atoms. The number of benzene rings is 1. The average molecular weight is 391 g/mol. The Kier molecular flexibility index (Phi) is 7.36. The first-order valence-corrected chi connectivity index (χ1v) is 9.12. The maximum absolute atomic E-state index is 12.2. The van der Waals surface area contributed by atoms with Gasteiger partial charge in [-0.05, 0) is 42.8 Å². The SMILES string of the molecule is CCOC(=O)c1sc(-c2ccc(OC)cc2)cc1NC(=O)CCC(=O)OC. The molecule has 0 bridgehead atoms. The van der Waals surface area contributed by atoms with E-state index in [0.717, 1.165) is 16.2 Å². The van der Waals surface area contributed by atoms with Crippen molar-refractivity contribution in [3.8, 4) is 16.2 Å². The van der Waals surface area contributed by atoms with Crippen molar-refractivity contribution in [2.45, 2.75) is 19.8 Å². The standard InChI is InChI=1S/C19H21NO6S/c1-4-26-19(23)18-14(20-16(21)9-10-17(22)25-3)11-15(27-18)12-5-7-13(24-2)8-6-12/h5-8,11H,4,9-10H2,1-3H3,(H,20,21). The van der Waals surface area contributed by atoms with Gasteiger partial charge in [-0.25, -0.2) is 4.79 Å². The summed E-state index contributed by atoms with van der Waals surface area (Å²) in [6.07, 6.45) is -0.0742. The average Bonchev–Trinajstić information content (AvgIpc) is 3.10. The largest absolute Gasteiger partial charge is 0.497 e. The van der Waals surface area contributed by atoms with E-state index in [2.05, 4.69) is 10.1 Å². The van der Waals surface area contributed by atoms with Gasteiger partial charge < -0.3 is 19.5 Å². The molecule has 0 saturated carbocycles. The van der Waals surface area contributed by atoms with E-state index in [1.165, 1.54) is 18.4 Å². The van der Waals surface area contributed by atoms with Crippen molar-refractivity contribution in [1.82, 2.24) is 0 Å². The molecule has 1 amide bonds. The van der Waals surface area contributed by atoms with Crippen LogP contribution in [-0.4, -0.2) is 38.7 Å². The van der Waals surface area contributed by atoms with Gasteiger partial charge in [-0.2, -0.15) is 0 Å². The Bertz CT molecular complexity index is 812. The predicted molar refractivity (Wildman–Crippen MR) is 102 cm³/mol. The van der Waals surface area contributed by atoms with Crippen LogP contribution in [-0.2, 0) is 19.1 Å². The normalized spacial score (nSPS) is 10.2. The van der Waals surface area contributed by atoms with Gasteiger partial charge in [-0.3, -0.25) is 9.59 Å². The fourth-order valence-corrected chi connectivity index (χ4v) is 3.27. The van der Waals surface area contributed by atoms with Gasteiger partial charge in [0.25, 0.3) is 0 Å². The number of carbonyl (C=O) groups is 3. The van der Waals surface area contributed by atoms with Crippen molar-refractivity contribution in [2.75, 3.05) is 26.1 Å². The highest BCUT2D eigenvalue weighted by Gasteiger charge is 2.20. The van der Waals surface area contributed by atoms with Gasteiger partial charge in [0, 0.05) is 11.3 Å². The zero-order valence-electron chi connectivity index (χ0n) is 15.4. The van der Waals surface area contributed by atoms with Crippen LogP contribution in [0, 0.1) is 0 Å². The zero-order chi connectivity index (χ0) is 19.8. The number of hydrogen-bond donors (Lipinski definition) is 1. The number of methoxy groups -OCH3 is 2. The fraction of sp³-hybridized carbons (Fsp3) is 0.316. The monoisotopic (exact) mass is 391 g/mol. The maximum atomic E-state index is 12.2. The molecule has 0 aliphatic heterocycles. The van der Waals surface area contributed by atoms with E-state index >= 15 is 0 Å². The number of anilines is 1. The molecule has 0 atom stereocenters. The van der Waals surface area contributed by atoms with Crippen molar-refractivity contribution < 1.29 is 28.6 Å². The minimum atomic E-state index is -0.509. The first-order valence-electron chi connectivity index (χ1n) is 8.30. The summed E-state index contributed by atoms with van der Waals surface area (Å²) >= 11 is 1.22. The van der Waals surface area contributed by atoms with Crippen LogP contribution >= 0.6 is 11.3 Å². The second kappa shape index (κ2) is 9.72. The summed E-state index contributed by atoms with van der Waals surface area (Å²) in [5, 5.41) is 2.68. The smallest absolute Gasteiger partial charge is 0.350 e. The molecule has 1 aromatic heterocycles. The van der Waals surface area contributed by atoms with Gasteiger partial charge in [0.15, 0.2) is 0 Å². The molecule has 0 radical (unpaired) electrons. The third kappa shape index (κ3) is 5.55. The van der Waals surface area contributed by atoms with E-state index in [1.807, 2.05) is 24.3 Å². The summed E-state index contributed by atoms with van der Waals surface area (Å²) in [4.78, 5) is 36.6. The Balaban J connectivity index is 2.25. The molecule has 0 unspecified atom stereocenters. The van der Waals surface area contributed by atoms with E-state index in [9.17, 15) is 14.4 Å². The highest BCUT2D eigenvalue weighted by Crippen LogP contribution is 2.36. The summed E-state index contributed by atoms with van der Waals surface area (Å²) in [5.74, 6) is -0.646. The summed E-state index contributed by atoms with van der Waals surface area (Å²) in [6, 6.07) is 9.07. The van der Waals surface area contributed by atoms with Crippen molar-refractivity contribution in [1.29, 1.82) is 0 Å². The van der Waals surface area contributed by atoms with Crippen LogP contribution in [0.2, 0.25) is 0 Å². The second-order valence-electron chi connectivity index (χ2n) is 5.43. The van der Waals surface area contributed by atoms with Crippen molar-refractivity contribution >= 4 is 34.9 Å². The van der Waals surface area contributed by atoms with Gasteiger partial charge in [-0.1, -0.05) is 0 Å². The predicted octanol–water partition coefficient (Wildman–Crippen LogP) is 3.49. The van der Waals surface area contributed by atoms with Crippen LogP contribution in [0.5, 0.6) is 5.75 Å². The Hall–Kier alpha value is -2.87. The lowest BCUT2D eigenvalue weighted by Gasteiger charge is -2.05. The highest BCUT2D eigenvalue weighted by molar-refractivity contribution is 7.18. The Morgan fingerprint density at radius 1 is 1.07 bits per heavy atom. The fourth-order valence-electron chi connectivity index (χ4n) is 2.26. The zero-order valence-corrected chi connectivity index (χ0v) is 16.2. The number of ether oxygens (including phenoxy) is 3. The van der Waals surface area contributed by atoms with Crippen molar-refractivity contribution in [3.63, 3.8) is 0 Å². The van der Waals surface area contributed by atoms with Crippen LogP contribution in [0.4, 0.5) is 5.69 Å². The lowest BCUT2D eigenvalue weighted by molar-refractivity contribution is -0.141. The molecule has 2 rings (SSSR count). The van der Waals surface area contributed by atoms with Gasteiger partial charge >= 0.3 is 11.9 Å². The summed E-state index contributed by atoms with van der Waals surface area (Å²) in [7, 11) is 2.85. The lowest BCUT2D eigenvalue weighted by atomic mass is 10.1. The Morgan fingerprint density at radius 3 is 2.37 bits per heavy atom. The first kappa shape index (κ1) is 20.4. The Labute approximate surface area is 161 Å². The third-order valence-electron chi connectivity index (χ3n) is 3.63. The molecule has 0 fully saturated rings. The minimum Gasteiger partial charge on any atom is -0.497 e. The molecule has 0 saturated heterocycles. The molecule has 7 nitrogen and oxygen atoms in total. The molecule has 1 aromatic carbocycles. The molecule has 0 aliphatic rings. The van der Waals surface area contributed by atoms with E-state index in [-0.39, 0.29) is 25.4 Å². The molecule has 1 heterocycles. The van der Waals surface area contributed by atoms with Crippen LogP contribution < -0.4 is 10.1 Å². The molecule has 27 heavy (non-hydrogen) atoms. The van der Waals surface area contributed by atoms with Gasteiger partial charge in [0.1, 0.15) is 10.6 Å². The molecular formula is C19H21NO6S. The first-order chi connectivity index (χ1) is 13.0. The summed E-state index contributed by atoms with van der Waals surface area (Å²) in [5.41, 5.74) is 1.24. The van der Waals surface area contributed by atoms with Gasteiger partial charge in [0.05, 0.1) is 32.9 Å². The molecule has 8 heteroatoms. The number of nitrogens with one attached hydrogen (secondary N) is 1. The van der Waals surface area contributed by atoms with Crippen molar-refractivity contribution in [2.24, 2.45) is 0 Å². The van der Waals surface area contributed by atoms with Crippen LogP contribution in [0.15, 0.2) is 30.3 Å². The molecule has 1 N–H and O–H groups in total. The van der Waals surface area contributed by atoms with E-state index in [0.29, 0.717) is 10.6 Å². The summed E-state index contributed by atoms with van der Waals surface area (Å²) < 4.78 is 14.7. The van der Waals surface area contributed by atoms with E-state index in [4.69, 9.17) is 9.47 Å². The quantitative estimate of drug-likeness (QED) is 0.693. The van der Waals surface area contributed by atoms with E-state index in [1.54, 1.807) is 20.1 Å². The highest BCUT2D eigenvalue weighted by atomic mass is 32.1.